The smallest absolute Gasteiger partial charge is 0.258 e. The van der Waals surface area contributed by atoms with Gasteiger partial charge in [-0.2, -0.15) is 0 Å². The summed E-state index contributed by atoms with van der Waals surface area (Å²) < 4.78 is 1.35. The molecular formula is C7H5ClN4O2. The fourth-order valence-corrected chi connectivity index (χ4v) is 1.41. The van der Waals surface area contributed by atoms with Crippen molar-refractivity contribution in [3.05, 3.63) is 33.4 Å². The van der Waals surface area contributed by atoms with E-state index in [9.17, 15) is 10.1 Å². The highest BCUT2D eigenvalue weighted by atomic mass is 35.5. The molecule has 0 aromatic carbocycles. The fraction of sp³-hybridized carbons (Fsp3) is 0.143. The molecule has 0 aliphatic carbocycles. The third-order valence-electron chi connectivity index (χ3n) is 1.82. The van der Waals surface area contributed by atoms with Crippen molar-refractivity contribution < 1.29 is 4.92 Å². The van der Waals surface area contributed by atoms with Crippen molar-refractivity contribution in [2.75, 3.05) is 0 Å². The minimum Gasteiger partial charge on any atom is -0.258 e. The average Bonchev–Trinajstić information content (AvgIpc) is 2.47. The van der Waals surface area contributed by atoms with Crippen LogP contribution in [0, 0.1) is 17.0 Å². The van der Waals surface area contributed by atoms with Gasteiger partial charge in [0.05, 0.1) is 16.1 Å². The Hall–Kier alpha value is -1.69. The molecule has 0 saturated carbocycles. The van der Waals surface area contributed by atoms with Gasteiger partial charge in [-0.05, 0) is 18.5 Å². The van der Waals surface area contributed by atoms with Crippen molar-refractivity contribution >= 4 is 22.8 Å². The number of hydrogen-bond donors (Lipinski definition) is 0. The van der Waals surface area contributed by atoms with Gasteiger partial charge in [-0.1, -0.05) is 0 Å². The van der Waals surface area contributed by atoms with E-state index >= 15 is 0 Å². The van der Waals surface area contributed by atoms with E-state index in [2.05, 4.69) is 10.1 Å². The van der Waals surface area contributed by atoms with E-state index in [1.807, 2.05) is 0 Å². The third kappa shape index (κ3) is 1.29. The van der Waals surface area contributed by atoms with Crippen LogP contribution in [0.1, 0.15) is 5.69 Å². The first-order chi connectivity index (χ1) is 6.58. The zero-order chi connectivity index (χ0) is 10.3. The summed E-state index contributed by atoms with van der Waals surface area (Å²) in [5.41, 5.74) is 1.17. The summed E-state index contributed by atoms with van der Waals surface area (Å²) in [5.74, 6) is 0. The Morgan fingerprint density at radius 3 is 3.00 bits per heavy atom. The van der Waals surface area contributed by atoms with E-state index in [1.54, 1.807) is 6.92 Å². The van der Waals surface area contributed by atoms with Gasteiger partial charge in [0.25, 0.3) is 5.69 Å². The van der Waals surface area contributed by atoms with Gasteiger partial charge in [-0.3, -0.25) is 10.1 Å². The highest BCUT2D eigenvalue weighted by Crippen LogP contribution is 2.18. The number of fused-ring (bicyclic) bond motifs is 1. The van der Waals surface area contributed by atoms with Crippen LogP contribution in [0.25, 0.3) is 5.52 Å². The maximum atomic E-state index is 10.5. The Labute approximate surface area is 83.3 Å². The lowest BCUT2D eigenvalue weighted by atomic mass is 10.4. The second-order valence-corrected chi connectivity index (χ2v) is 3.09. The molecule has 2 rings (SSSR count). The van der Waals surface area contributed by atoms with Crippen LogP contribution in [-0.2, 0) is 0 Å². The largest absolute Gasteiger partial charge is 0.289 e. The van der Waals surface area contributed by atoms with Crippen LogP contribution in [0.2, 0.25) is 5.28 Å². The van der Waals surface area contributed by atoms with Gasteiger partial charge >= 0.3 is 0 Å². The number of rotatable bonds is 1. The van der Waals surface area contributed by atoms with Crippen molar-refractivity contribution in [1.29, 1.82) is 0 Å². The number of hydrogen-bond acceptors (Lipinski definition) is 4. The molecule has 0 aliphatic rings. The summed E-state index contributed by atoms with van der Waals surface area (Å²) in [6.45, 7) is 1.71. The zero-order valence-corrected chi connectivity index (χ0v) is 7.89. The van der Waals surface area contributed by atoms with Gasteiger partial charge in [0.2, 0.25) is 5.28 Å². The molecule has 2 heterocycles. The molecule has 0 saturated heterocycles. The molecule has 0 N–H and O–H groups in total. The molecule has 7 heteroatoms. The standard InChI is InChI=1S/C7H5ClN4O2/c1-4-6-2-5(12(13)14)3-11(6)10-7(8)9-4/h2-3H,1H3. The van der Waals surface area contributed by atoms with Crippen LogP contribution < -0.4 is 0 Å². The Morgan fingerprint density at radius 2 is 2.36 bits per heavy atom. The third-order valence-corrected chi connectivity index (χ3v) is 1.98. The van der Waals surface area contributed by atoms with Gasteiger partial charge in [0.15, 0.2) is 0 Å². The summed E-state index contributed by atoms with van der Waals surface area (Å²) >= 11 is 5.60. The van der Waals surface area contributed by atoms with Gasteiger partial charge < -0.3 is 0 Å². The predicted molar refractivity (Wildman–Crippen MR) is 49.4 cm³/mol. The molecule has 0 bridgehead atoms. The second kappa shape index (κ2) is 2.91. The molecule has 2 aromatic heterocycles. The van der Waals surface area contributed by atoms with Gasteiger partial charge in [0, 0.05) is 6.07 Å². The molecule has 6 nitrogen and oxygen atoms in total. The van der Waals surface area contributed by atoms with E-state index in [0.29, 0.717) is 11.2 Å². The monoisotopic (exact) mass is 212 g/mol. The average molecular weight is 213 g/mol. The molecule has 72 valence electrons. The summed E-state index contributed by atoms with van der Waals surface area (Å²) in [7, 11) is 0. The highest BCUT2D eigenvalue weighted by molar-refractivity contribution is 6.28. The summed E-state index contributed by atoms with van der Waals surface area (Å²) in [4.78, 5) is 13.9. The molecule has 0 fully saturated rings. The van der Waals surface area contributed by atoms with Crippen LogP contribution in [0.3, 0.4) is 0 Å². The molecule has 0 atom stereocenters. The zero-order valence-electron chi connectivity index (χ0n) is 7.14. The maximum absolute atomic E-state index is 10.5. The lowest BCUT2D eigenvalue weighted by Crippen LogP contribution is -1.95. The van der Waals surface area contributed by atoms with Crippen LogP contribution in [0.15, 0.2) is 12.3 Å². The van der Waals surface area contributed by atoms with Gasteiger partial charge in [-0.25, -0.2) is 9.50 Å². The predicted octanol–water partition coefficient (Wildman–Crippen LogP) is 1.60. The first-order valence-corrected chi connectivity index (χ1v) is 4.12. The van der Waals surface area contributed by atoms with E-state index in [4.69, 9.17) is 11.6 Å². The Morgan fingerprint density at radius 1 is 1.64 bits per heavy atom. The van der Waals surface area contributed by atoms with Crippen molar-refractivity contribution in [1.82, 2.24) is 14.6 Å². The van der Waals surface area contributed by atoms with Gasteiger partial charge in [0.1, 0.15) is 6.20 Å². The molecule has 0 amide bonds. The van der Waals surface area contributed by atoms with E-state index in [0.717, 1.165) is 0 Å². The molecule has 2 aromatic rings. The maximum Gasteiger partial charge on any atom is 0.289 e. The summed E-state index contributed by atoms with van der Waals surface area (Å²) in [6, 6.07) is 1.41. The van der Waals surface area contributed by atoms with Crippen molar-refractivity contribution in [3.63, 3.8) is 0 Å². The molecule has 14 heavy (non-hydrogen) atoms. The minimum absolute atomic E-state index is 0.0235. The molecular weight excluding hydrogens is 208 g/mol. The van der Waals surface area contributed by atoms with Crippen LogP contribution in [0.4, 0.5) is 5.69 Å². The number of aryl methyl sites for hydroxylation is 1. The van der Waals surface area contributed by atoms with Crippen LogP contribution in [0.5, 0.6) is 0 Å². The topological polar surface area (TPSA) is 73.3 Å². The number of halogens is 1. The van der Waals surface area contributed by atoms with Crippen LogP contribution in [-0.4, -0.2) is 19.5 Å². The van der Waals surface area contributed by atoms with E-state index < -0.39 is 4.92 Å². The van der Waals surface area contributed by atoms with Crippen molar-refractivity contribution in [3.8, 4) is 0 Å². The first kappa shape index (κ1) is 8.89. The molecule has 0 radical (unpaired) electrons. The van der Waals surface area contributed by atoms with Crippen molar-refractivity contribution in [2.24, 2.45) is 0 Å². The van der Waals surface area contributed by atoms with Gasteiger partial charge in [-0.15, -0.1) is 5.10 Å². The Balaban J connectivity index is 2.76. The quantitative estimate of drug-likeness (QED) is 0.532. The molecule has 0 unspecified atom stereocenters. The highest BCUT2D eigenvalue weighted by Gasteiger charge is 2.12. The normalized spacial score (nSPS) is 10.7. The first-order valence-electron chi connectivity index (χ1n) is 3.75. The number of aromatic nitrogens is 3. The minimum atomic E-state index is -0.484. The second-order valence-electron chi connectivity index (χ2n) is 2.75. The Bertz CT molecular complexity index is 522. The summed E-state index contributed by atoms with van der Waals surface area (Å²) in [6.07, 6.45) is 1.30. The van der Waals surface area contributed by atoms with E-state index in [-0.39, 0.29) is 11.0 Å². The number of nitrogens with zero attached hydrogens (tertiary/aromatic N) is 4. The van der Waals surface area contributed by atoms with E-state index in [1.165, 1.54) is 16.8 Å². The number of nitro groups is 1. The summed E-state index contributed by atoms with van der Waals surface area (Å²) in [5, 5.41) is 14.4. The Kier molecular flexibility index (Phi) is 1.85. The van der Waals surface area contributed by atoms with Crippen molar-refractivity contribution in [2.45, 2.75) is 6.92 Å². The molecule has 0 spiro atoms. The fourth-order valence-electron chi connectivity index (χ4n) is 1.20. The van der Waals surface area contributed by atoms with Crippen LogP contribution >= 0.6 is 11.6 Å². The lowest BCUT2D eigenvalue weighted by molar-refractivity contribution is -0.384. The lowest BCUT2D eigenvalue weighted by Gasteiger charge is -1.96. The molecule has 0 aliphatic heterocycles. The SMILES string of the molecule is Cc1nc(Cl)nn2cc([N+](=O)[O-])cc12.